The first kappa shape index (κ1) is 21.6. The first-order chi connectivity index (χ1) is 13.5. The lowest BCUT2D eigenvalue weighted by molar-refractivity contribution is -0.115. The van der Waals surface area contributed by atoms with Crippen LogP contribution >= 0.6 is 23.8 Å². The van der Waals surface area contributed by atoms with Crippen molar-refractivity contribution in [1.29, 1.82) is 0 Å². The fourth-order valence-electron chi connectivity index (χ4n) is 2.20. The van der Waals surface area contributed by atoms with E-state index >= 15 is 0 Å². The van der Waals surface area contributed by atoms with Gasteiger partial charge >= 0.3 is 5.97 Å². The van der Waals surface area contributed by atoms with Crippen molar-refractivity contribution in [2.45, 2.75) is 19.8 Å². The molecule has 0 aliphatic heterocycles. The van der Waals surface area contributed by atoms with Crippen molar-refractivity contribution in [1.82, 2.24) is 5.32 Å². The van der Waals surface area contributed by atoms with E-state index in [-0.39, 0.29) is 21.6 Å². The molecule has 0 spiro atoms. The summed E-state index contributed by atoms with van der Waals surface area (Å²) in [4.78, 5) is 24.1. The number of nitrogens with one attached hydrogen (secondary N) is 2. The van der Waals surface area contributed by atoms with Crippen LogP contribution in [-0.2, 0) is 9.53 Å². The Morgan fingerprint density at radius 1 is 1.18 bits per heavy atom. The van der Waals surface area contributed by atoms with Gasteiger partial charge in [-0.3, -0.25) is 10.1 Å². The first-order valence-corrected chi connectivity index (χ1v) is 9.60. The highest BCUT2D eigenvalue weighted by molar-refractivity contribution is 7.80. The molecular formula is C21H21ClN2O3S. The Morgan fingerprint density at radius 2 is 1.93 bits per heavy atom. The summed E-state index contributed by atoms with van der Waals surface area (Å²) in [7, 11) is 0. The smallest absolute Gasteiger partial charge is 0.339 e. The number of amides is 1. The lowest BCUT2D eigenvalue weighted by Crippen LogP contribution is -2.32. The summed E-state index contributed by atoms with van der Waals surface area (Å²) >= 11 is 11.2. The Labute approximate surface area is 174 Å². The van der Waals surface area contributed by atoms with Gasteiger partial charge in [0.1, 0.15) is 0 Å². The van der Waals surface area contributed by atoms with Gasteiger partial charge in [-0.1, -0.05) is 55.3 Å². The molecule has 0 saturated carbocycles. The molecule has 146 valence electrons. The van der Waals surface area contributed by atoms with Crippen LogP contribution in [0, 0.1) is 0 Å². The normalized spacial score (nSPS) is 10.5. The molecule has 2 aromatic carbocycles. The van der Waals surface area contributed by atoms with Crippen molar-refractivity contribution >= 4 is 52.6 Å². The minimum atomic E-state index is -0.497. The number of anilines is 1. The molecule has 0 aromatic heterocycles. The van der Waals surface area contributed by atoms with E-state index in [1.165, 1.54) is 12.1 Å². The van der Waals surface area contributed by atoms with Gasteiger partial charge in [-0.2, -0.15) is 0 Å². The van der Waals surface area contributed by atoms with Crippen LogP contribution in [0.4, 0.5) is 5.69 Å². The molecule has 2 N–H and O–H groups in total. The van der Waals surface area contributed by atoms with Gasteiger partial charge in [-0.15, -0.1) is 0 Å². The van der Waals surface area contributed by atoms with Crippen LogP contribution < -0.4 is 10.6 Å². The molecule has 7 heteroatoms. The van der Waals surface area contributed by atoms with E-state index in [9.17, 15) is 9.59 Å². The maximum atomic E-state index is 12.1. The predicted molar refractivity (Wildman–Crippen MR) is 116 cm³/mol. The van der Waals surface area contributed by atoms with E-state index in [2.05, 4.69) is 10.6 Å². The molecule has 2 aromatic rings. The van der Waals surface area contributed by atoms with E-state index in [0.29, 0.717) is 12.3 Å². The summed E-state index contributed by atoms with van der Waals surface area (Å²) in [5.74, 6) is -0.864. The molecule has 28 heavy (non-hydrogen) atoms. The highest BCUT2D eigenvalue weighted by Crippen LogP contribution is 2.21. The fourth-order valence-corrected chi connectivity index (χ4v) is 2.61. The molecule has 0 unspecified atom stereocenters. The number of esters is 1. The van der Waals surface area contributed by atoms with E-state index < -0.39 is 5.97 Å². The minimum absolute atomic E-state index is 0.107. The third-order valence-corrected chi connectivity index (χ3v) is 4.17. The van der Waals surface area contributed by atoms with Crippen molar-refractivity contribution in [2.75, 3.05) is 11.9 Å². The van der Waals surface area contributed by atoms with Crippen molar-refractivity contribution < 1.29 is 14.3 Å². The molecule has 0 radical (unpaired) electrons. The summed E-state index contributed by atoms with van der Waals surface area (Å²) < 4.78 is 5.18. The van der Waals surface area contributed by atoms with E-state index in [0.717, 1.165) is 18.4 Å². The van der Waals surface area contributed by atoms with Crippen LogP contribution in [0.25, 0.3) is 6.08 Å². The molecule has 0 heterocycles. The highest BCUT2D eigenvalue weighted by atomic mass is 35.5. The van der Waals surface area contributed by atoms with Gasteiger partial charge in [0.15, 0.2) is 5.11 Å². The summed E-state index contributed by atoms with van der Waals surface area (Å²) in [5.41, 5.74) is 1.66. The number of hydrogen-bond acceptors (Lipinski definition) is 4. The molecule has 0 saturated heterocycles. The quantitative estimate of drug-likeness (QED) is 0.293. The number of carbonyl (C=O) groups excluding carboxylic acids is 2. The fraction of sp³-hybridized carbons (Fsp3) is 0.190. The van der Waals surface area contributed by atoms with Crippen LogP contribution in [0.5, 0.6) is 0 Å². The zero-order valence-electron chi connectivity index (χ0n) is 15.4. The van der Waals surface area contributed by atoms with Crippen LogP contribution in [0.3, 0.4) is 0 Å². The van der Waals surface area contributed by atoms with E-state index in [4.69, 9.17) is 28.6 Å². The summed E-state index contributed by atoms with van der Waals surface area (Å²) in [5, 5.41) is 5.80. The number of hydrogen-bond donors (Lipinski definition) is 2. The Bertz CT molecular complexity index is 869. The van der Waals surface area contributed by atoms with Crippen LogP contribution in [0.1, 0.15) is 35.7 Å². The van der Waals surface area contributed by atoms with Gasteiger partial charge in [-0.25, -0.2) is 4.79 Å². The average Bonchev–Trinajstić information content (AvgIpc) is 2.68. The number of ether oxygens (including phenoxy) is 1. The van der Waals surface area contributed by atoms with Crippen molar-refractivity contribution in [3.63, 3.8) is 0 Å². The Balaban J connectivity index is 1.94. The largest absolute Gasteiger partial charge is 0.462 e. The zero-order valence-corrected chi connectivity index (χ0v) is 17.0. The number of halogens is 1. The third-order valence-electron chi connectivity index (χ3n) is 3.64. The molecule has 0 bridgehead atoms. The van der Waals surface area contributed by atoms with E-state index in [1.807, 2.05) is 37.3 Å². The highest BCUT2D eigenvalue weighted by Gasteiger charge is 2.13. The zero-order chi connectivity index (χ0) is 20.4. The topological polar surface area (TPSA) is 67.4 Å². The molecule has 5 nitrogen and oxygen atoms in total. The lowest BCUT2D eigenvalue weighted by Gasteiger charge is -2.11. The van der Waals surface area contributed by atoms with Gasteiger partial charge < -0.3 is 10.1 Å². The Hall–Kier alpha value is -2.70. The monoisotopic (exact) mass is 416 g/mol. The van der Waals surface area contributed by atoms with Gasteiger partial charge in [0.2, 0.25) is 5.91 Å². The van der Waals surface area contributed by atoms with Crippen molar-refractivity contribution in [3.8, 4) is 0 Å². The predicted octanol–water partition coefficient (Wildman–Crippen LogP) is 4.82. The second-order valence-corrected chi connectivity index (χ2v) is 6.69. The SMILES string of the molecule is CCCCOC(=O)c1cc(NC(=S)NC(=O)C=Cc2ccccc2)ccc1Cl. The molecule has 0 atom stereocenters. The van der Waals surface area contributed by atoms with Crippen LogP contribution in [0.2, 0.25) is 5.02 Å². The molecular weight excluding hydrogens is 396 g/mol. The Morgan fingerprint density at radius 3 is 2.64 bits per heavy atom. The first-order valence-electron chi connectivity index (χ1n) is 8.81. The summed E-state index contributed by atoms with van der Waals surface area (Å²) in [6.07, 6.45) is 4.79. The second kappa shape index (κ2) is 11.2. The number of benzene rings is 2. The third kappa shape index (κ3) is 7.13. The summed E-state index contributed by atoms with van der Waals surface area (Å²) in [6, 6.07) is 14.2. The lowest BCUT2D eigenvalue weighted by atomic mass is 10.2. The van der Waals surface area contributed by atoms with Crippen LogP contribution in [0.15, 0.2) is 54.6 Å². The average molecular weight is 417 g/mol. The maximum absolute atomic E-state index is 12.1. The number of carbonyl (C=O) groups is 2. The number of thiocarbonyl (C=S) groups is 1. The molecule has 0 aliphatic carbocycles. The van der Waals surface area contributed by atoms with Gasteiger partial charge in [0.05, 0.1) is 17.2 Å². The standard InChI is InChI=1S/C21H21ClN2O3S/c1-2-3-13-27-20(26)17-14-16(10-11-18(17)22)23-21(28)24-19(25)12-9-15-7-5-4-6-8-15/h4-12,14H,2-3,13H2,1H3,(H2,23,24,25,28). The molecule has 1 amide bonds. The number of rotatable bonds is 7. The molecule has 2 rings (SSSR count). The maximum Gasteiger partial charge on any atom is 0.339 e. The molecule has 0 aliphatic rings. The molecule has 0 fully saturated rings. The van der Waals surface area contributed by atoms with Gasteiger partial charge in [0.25, 0.3) is 0 Å². The van der Waals surface area contributed by atoms with Crippen LogP contribution in [-0.4, -0.2) is 23.6 Å². The van der Waals surface area contributed by atoms with Gasteiger partial charge in [-0.05, 0) is 48.5 Å². The number of unbranched alkanes of at least 4 members (excludes halogenated alkanes) is 1. The Kier molecular flexibility index (Phi) is 8.65. The summed E-state index contributed by atoms with van der Waals surface area (Å²) in [6.45, 7) is 2.35. The second-order valence-electron chi connectivity index (χ2n) is 5.87. The van der Waals surface area contributed by atoms with Crippen molar-refractivity contribution in [3.05, 3.63) is 70.8 Å². The van der Waals surface area contributed by atoms with E-state index in [1.54, 1.807) is 18.2 Å². The van der Waals surface area contributed by atoms with Gasteiger partial charge in [0, 0.05) is 11.8 Å². The minimum Gasteiger partial charge on any atom is -0.462 e. The van der Waals surface area contributed by atoms with Crippen molar-refractivity contribution in [2.24, 2.45) is 0 Å².